The molecule has 0 heterocycles. The average molecular weight is 690 g/mol. The van der Waals surface area contributed by atoms with Crippen LogP contribution in [0.3, 0.4) is 0 Å². The van der Waals surface area contributed by atoms with E-state index >= 15 is 0 Å². The molecule has 0 N–H and O–H groups in total. The van der Waals surface area contributed by atoms with Crippen LogP contribution in [0.1, 0.15) is 142 Å². The Bertz CT molecular complexity index is 948. The number of carboxylic acid groups (broad SMARTS) is 1. The number of carbonyl (C=O) groups is 3. The molecule has 0 amide bonds. The highest BCUT2D eigenvalue weighted by Crippen LogP contribution is 2.13. The molecule has 0 spiro atoms. The summed E-state index contributed by atoms with van der Waals surface area (Å²) in [5.41, 5.74) is 0. The van der Waals surface area contributed by atoms with Gasteiger partial charge in [0.15, 0.2) is 6.10 Å². The Kier molecular flexibility index (Phi) is 30.7. The molecular formula is C41H71NO7. The molecule has 0 aliphatic carbocycles. The van der Waals surface area contributed by atoms with Gasteiger partial charge in [-0.2, -0.15) is 0 Å². The van der Waals surface area contributed by atoms with Crippen LogP contribution >= 0.6 is 0 Å². The second-order valence-electron chi connectivity index (χ2n) is 13.8. The molecule has 8 heteroatoms. The van der Waals surface area contributed by atoms with Crippen molar-refractivity contribution in [3.05, 3.63) is 48.6 Å². The molecule has 282 valence electrons. The highest BCUT2D eigenvalue weighted by atomic mass is 16.6. The van der Waals surface area contributed by atoms with Crippen molar-refractivity contribution in [2.75, 3.05) is 41.0 Å². The van der Waals surface area contributed by atoms with Gasteiger partial charge in [0.05, 0.1) is 40.3 Å². The van der Waals surface area contributed by atoms with Crippen LogP contribution in [0.5, 0.6) is 0 Å². The fourth-order valence-corrected chi connectivity index (χ4v) is 5.24. The maximum absolute atomic E-state index is 12.6. The molecule has 0 aliphatic heterocycles. The second kappa shape index (κ2) is 32.5. The van der Waals surface area contributed by atoms with Crippen LogP contribution in [-0.2, 0) is 28.6 Å². The third-order valence-electron chi connectivity index (χ3n) is 8.23. The number of esters is 2. The number of rotatable bonds is 33. The van der Waals surface area contributed by atoms with E-state index in [9.17, 15) is 19.5 Å². The first kappa shape index (κ1) is 46.3. The maximum Gasteiger partial charge on any atom is 0.306 e. The van der Waals surface area contributed by atoms with E-state index in [2.05, 4.69) is 62.5 Å². The third-order valence-corrected chi connectivity index (χ3v) is 8.23. The predicted molar refractivity (Wildman–Crippen MR) is 199 cm³/mol. The molecule has 2 atom stereocenters. The van der Waals surface area contributed by atoms with E-state index in [1.54, 1.807) is 21.1 Å². The predicted octanol–water partition coefficient (Wildman–Crippen LogP) is 8.35. The summed E-state index contributed by atoms with van der Waals surface area (Å²) in [7, 11) is 5.38. The molecule has 0 aliphatic rings. The molecule has 0 bridgehead atoms. The number of hydrogen-bond acceptors (Lipinski definition) is 7. The normalized spacial score (nSPS) is 13.6. The van der Waals surface area contributed by atoms with Crippen LogP contribution in [0.15, 0.2) is 48.6 Å². The number of unbranched alkanes of at least 4 members (excludes halogenated alkanes) is 11. The van der Waals surface area contributed by atoms with Crippen molar-refractivity contribution in [1.82, 2.24) is 0 Å². The van der Waals surface area contributed by atoms with Gasteiger partial charge < -0.3 is 28.6 Å². The Labute approximate surface area is 299 Å². The Balaban J connectivity index is 4.51. The standard InChI is InChI=1S/C41H71NO7/c1-6-8-10-12-14-16-18-19-20-21-22-24-26-28-30-32-40(44)49-37(35-47-34-33-38(41(45)46)42(3,4)5)36-48-39(43)31-29-27-25-23-17-15-13-11-9-7-2/h8,10,14,16,19-20,22,24,37-38H,6-7,9,11-13,15,17-18,21,23,25-36H2,1-5H3/b10-8-,16-14-,20-19-,24-22-. The lowest BCUT2D eigenvalue weighted by molar-refractivity contribution is -0.889. The van der Waals surface area contributed by atoms with Gasteiger partial charge in [-0.1, -0.05) is 120 Å². The number of nitrogens with zero attached hydrogens (tertiary/aromatic N) is 1. The number of carboxylic acids is 1. The quantitative estimate of drug-likeness (QED) is 0.0295. The summed E-state index contributed by atoms with van der Waals surface area (Å²) >= 11 is 0. The maximum atomic E-state index is 12.6. The first-order valence-electron chi connectivity index (χ1n) is 19.2. The van der Waals surface area contributed by atoms with Crippen LogP contribution in [0.25, 0.3) is 0 Å². The lowest BCUT2D eigenvalue weighted by atomic mass is 10.1. The lowest BCUT2D eigenvalue weighted by Gasteiger charge is -2.34. The zero-order valence-corrected chi connectivity index (χ0v) is 31.8. The lowest BCUT2D eigenvalue weighted by Crippen LogP contribution is -2.55. The molecule has 2 unspecified atom stereocenters. The van der Waals surface area contributed by atoms with Crippen molar-refractivity contribution in [3.8, 4) is 0 Å². The van der Waals surface area contributed by atoms with Gasteiger partial charge in [0.2, 0.25) is 0 Å². The van der Waals surface area contributed by atoms with Crippen LogP contribution < -0.4 is 5.11 Å². The molecular weight excluding hydrogens is 618 g/mol. The van der Waals surface area contributed by atoms with Gasteiger partial charge >= 0.3 is 11.9 Å². The Morgan fingerprint density at radius 1 is 0.633 bits per heavy atom. The fourth-order valence-electron chi connectivity index (χ4n) is 5.24. The molecule has 0 rings (SSSR count). The van der Waals surface area contributed by atoms with Crippen LogP contribution in [0, 0.1) is 0 Å². The summed E-state index contributed by atoms with van der Waals surface area (Å²) in [6.07, 6.45) is 35.7. The van der Waals surface area contributed by atoms with Gasteiger partial charge in [-0.15, -0.1) is 0 Å². The monoisotopic (exact) mass is 690 g/mol. The summed E-state index contributed by atoms with van der Waals surface area (Å²) in [6, 6.07) is -0.731. The first-order chi connectivity index (χ1) is 23.6. The molecule has 0 fully saturated rings. The van der Waals surface area contributed by atoms with Gasteiger partial charge in [0.25, 0.3) is 0 Å². The number of carbonyl (C=O) groups excluding carboxylic acids is 3. The van der Waals surface area contributed by atoms with Crippen molar-refractivity contribution in [3.63, 3.8) is 0 Å². The van der Waals surface area contributed by atoms with E-state index in [1.807, 2.05) is 0 Å². The van der Waals surface area contributed by atoms with E-state index in [0.29, 0.717) is 12.8 Å². The second-order valence-corrected chi connectivity index (χ2v) is 13.8. The number of hydrogen-bond donors (Lipinski definition) is 0. The van der Waals surface area contributed by atoms with Gasteiger partial charge in [-0.3, -0.25) is 9.59 Å². The summed E-state index contributed by atoms with van der Waals surface area (Å²) < 4.78 is 17.0. The Morgan fingerprint density at radius 2 is 1.14 bits per heavy atom. The number of quaternary nitrogens is 1. The fraction of sp³-hybridized carbons (Fsp3) is 0.732. The van der Waals surface area contributed by atoms with Gasteiger partial charge in [0.1, 0.15) is 12.6 Å². The minimum atomic E-state index is -1.13. The molecule has 8 nitrogen and oxygen atoms in total. The Hall–Kier alpha value is -2.71. The van der Waals surface area contributed by atoms with Crippen molar-refractivity contribution >= 4 is 17.9 Å². The van der Waals surface area contributed by atoms with E-state index in [1.165, 1.54) is 44.9 Å². The Morgan fingerprint density at radius 3 is 1.69 bits per heavy atom. The average Bonchev–Trinajstić information content (AvgIpc) is 3.05. The van der Waals surface area contributed by atoms with Crippen LogP contribution in [0.2, 0.25) is 0 Å². The highest BCUT2D eigenvalue weighted by Gasteiger charge is 2.25. The number of aliphatic carboxylic acids is 1. The van der Waals surface area contributed by atoms with Crippen molar-refractivity contribution in [2.45, 2.75) is 154 Å². The molecule has 0 aromatic rings. The van der Waals surface area contributed by atoms with Crippen molar-refractivity contribution < 1.29 is 38.2 Å². The molecule has 49 heavy (non-hydrogen) atoms. The molecule has 0 saturated heterocycles. The van der Waals surface area contributed by atoms with Gasteiger partial charge in [0, 0.05) is 19.3 Å². The largest absolute Gasteiger partial charge is 0.544 e. The molecule has 0 aromatic carbocycles. The highest BCUT2D eigenvalue weighted by molar-refractivity contribution is 5.70. The summed E-state index contributed by atoms with van der Waals surface area (Å²) in [6.45, 7) is 4.47. The summed E-state index contributed by atoms with van der Waals surface area (Å²) in [5.74, 6) is -1.80. The SMILES string of the molecule is CC/C=C\C/C=C\C/C=C\C/C=C\CCCCC(=O)OC(COCCC(C(=O)[O-])[N+](C)(C)C)COC(=O)CCCCCCCCCCCC. The molecule has 0 aromatic heterocycles. The number of likely N-dealkylation sites (N-methyl/N-ethyl adjacent to an activating group) is 1. The van der Waals surface area contributed by atoms with Gasteiger partial charge in [-0.25, -0.2) is 0 Å². The minimum Gasteiger partial charge on any atom is -0.544 e. The topological polar surface area (TPSA) is 102 Å². The van der Waals surface area contributed by atoms with E-state index in [4.69, 9.17) is 14.2 Å². The van der Waals surface area contributed by atoms with Crippen molar-refractivity contribution in [1.29, 1.82) is 0 Å². The smallest absolute Gasteiger partial charge is 0.306 e. The number of allylic oxidation sites excluding steroid dienone is 8. The first-order valence-corrected chi connectivity index (χ1v) is 19.2. The van der Waals surface area contributed by atoms with E-state index in [-0.39, 0.29) is 49.1 Å². The van der Waals surface area contributed by atoms with E-state index < -0.39 is 18.1 Å². The number of ether oxygens (including phenoxy) is 3. The molecule has 0 saturated carbocycles. The van der Waals surface area contributed by atoms with Crippen LogP contribution in [-0.4, -0.2) is 75.5 Å². The zero-order chi connectivity index (χ0) is 36.4. The third kappa shape index (κ3) is 31.0. The minimum absolute atomic E-state index is 0.0239. The zero-order valence-electron chi connectivity index (χ0n) is 31.8. The van der Waals surface area contributed by atoms with Crippen LogP contribution in [0.4, 0.5) is 0 Å². The molecule has 0 radical (unpaired) electrons. The van der Waals surface area contributed by atoms with Crippen molar-refractivity contribution in [2.24, 2.45) is 0 Å². The van der Waals surface area contributed by atoms with E-state index in [0.717, 1.165) is 57.8 Å². The summed E-state index contributed by atoms with van der Waals surface area (Å²) in [4.78, 5) is 36.6. The summed E-state index contributed by atoms with van der Waals surface area (Å²) in [5, 5.41) is 11.6. The van der Waals surface area contributed by atoms with Gasteiger partial charge in [-0.05, 0) is 51.4 Å².